The minimum atomic E-state index is -0.860. The number of alkyl carbamates (subject to hydrolysis) is 1. The molecule has 0 spiro atoms. The van der Waals surface area contributed by atoms with E-state index in [9.17, 15) is 9.59 Å². The minimum absolute atomic E-state index is 0.00626. The van der Waals surface area contributed by atoms with Crippen molar-refractivity contribution in [2.24, 2.45) is 5.41 Å². The quantitative estimate of drug-likeness (QED) is 0.690. The zero-order chi connectivity index (χ0) is 19.8. The van der Waals surface area contributed by atoms with E-state index in [1.54, 1.807) is 18.2 Å². The highest BCUT2D eigenvalue weighted by molar-refractivity contribution is 5.70. The zero-order valence-corrected chi connectivity index (χ0v) is 16.4. The van der Waals surface area contributed by atoms with Gasteiger partial charge in [0.25, 0.3) is 0 Å². The molecule has 6 nitrogen and oxygen atoms in total. The molecule has 0 heterocycles. The third-order valence-electron chi connectivity index (χ3n) is 3.77. The first-order chi connectivity index (χ1) is 12.0. The number of carbonyl (C=O) groups excluding carboxylic acids is 1. The molecule has 6 heteroatoms. The molecule has 146 valence electrons. The molecule has 0 aliphatic rings. The highest BCUT2D eigenvalue weighted by atomic mass is 16.6. The van der Waals surface area contributed by atoms with Crippen LogP contribution in [-0.4, -0.2) is 35.9 Å². The normalized spacial score (nSPS) is 11.7. The van der Waals surface area contributed by atoms with Crippen LogP contribution < -0.4 is 10.1 Å². The minimum Gasteiger partial charge on any atom is -0.494 e. The lowest BCUT2D eigenvalue weighted by Gasteiger charge is -2.25. The lowest BCUT2D eigenvalue weighted by Crippen LogP contribution is -2.34. The molecule has 0 bridgehead atoms. The molecule has 0 fully saturated rings. The van der Waals surface area contributed by atoms with Gasteiger partial charge in [0.15, 0.2) is 0 Å². The highest BCUT2D eigenvalue weighted by Crippen LogP contribution is 2.25. The van der Waals surface area contributed by atoms with Gasteiger partial charge in [0.1, 0.15) is 11.4 Å². The lowest BCUT2D eigenvalue weighted by molar-refractivity contribution is -0.136. The van der Waals surface area contributed by atoms with Gasteiger partial charge in [-0.15, -0.1) is 0 Å². The van der Waals surface area contributed by atoms with Crippen molar-refractivity contribution < 1.29 is 24.2 Å². The molecule has 1 amide bonds. The number of nitrogens with one attached hydrogen (secondary N) is 1. The van der Waals surface area contributed by atoms with E-state index in [-0.39, 0.29) is 11.8 Å². The van der Waals surface area contributed by atoms with Crippen LogP contribution in [0.2, 0.25) is 0 Å². The number of benzene rings is 1. The zero-order valence-electron chi connectivity index (χ0n) is 16.4. The average Bonchev–Trinajstić information content (AvgIpc) is 2.44. The first-order valence-electron chi connectivity index (χ1n) is 8.87. The number of carboxylic acids is 1. The van der Waals surface area contributed by atoms with Gasteiger partial charge in [0.2, 0.25) is 0 Å². The maximum atomic E-state index is 11.7. The van der Waals surface area contributed by atoms with Gasteiger partial charge in [-0.3, -0.25) is 4.79 Å². The summed E-state index contributed by atoms with van der Waals surface area (Å²) < 4.78 is 11.0. The highest BCUT2D eigenvalue weighted by Gasteiger charge is 2.20. The van der Waals surface area contributed by atoms with E-state index in [2.05, 4.69) is 19.2 Å². The summed E-state index contributed by atoms with van der Waals surface area (Å²) >= 11 is 0. The van der Waals surface area contributed by atoms with E-state index in [0.717, 1.165) is 18.4 Å². The fourth-order valence-corrected chi connectivity index (χ4v) is 2.31. The standard InChI is InChI=1S/C20H31NO5/c1-19(2,3)26-18(24)21-11-9-20(4,5)10-12-25-16-8-6-7-15(13-16)14-17(22)23/h6-8,13H,9-12,14H2,1-5H3,(H,21,24)(H,22,23). The van der Waals surface area contributed by atoms with Crippen molar-refractivity contribution in [2.45, 2.75) is 59.5 Å². The van der Waals surface area contributed by atoms with Crippen molar-refractivity contribution in [1.82, 2.24) is 5.32 Å². The number of aliphatic carboxylic acids is 1. The Kier molecular flexibility index (Phi) is 7.93. The van der Waals surface area contributed by atoms with Crippen molar-refractivity contribution >= 4 is 12.1 Å². The predicted octanol–water partition coefficient (Wildman–Crippen LogP) is 4.02. The maximum Gasteiger partial charge on any atom is 0.407 e. The van der Waals surface area contributed by atoms with Gasteiger partial charge in [-0.1, -0.05) is 26.0 Å². The average molecular weight is 365 g/mol. The molecule has 0 saturated carbocycles. The van der Waals surface area contributed by atoms with Crippen LogP contribution in [0.25, 0.3) is 0 Å². The topological polar surface area (TPSA) is 84.9 Å². The summed E-state index contributed by atoms with van der Waals surface area (Å²) in [6, 6.07) is 7.14. The SMILES string of the molecule is CC(C)(CCNC(=O)OC(C)(C)C)CCOc1cccc(CC(=O)O)c1. The second-order valence-electron chi connectivity index (χ2n) is 8.16. The molecule has 0 radical (unpaired) electrons. The Balaban J connectivity index is 2.35. The van der Waals surface area contributed by atoms with Gasteiger partial charge >= 0.3 is 12.1 Å². The van der Waals surface area contributed by atoms with Crippen LogP contribution in [0.1, 0.15) is 53.0 Å². The molecule has 0 unspecified atom stereocenters. The van der Waals surface area contributed by atoms with Crippen molar-refractivity contribution in [2.75, 3.05) is 13.2 Å². The summed E-state index contributed by atoms with van der Waals surface area (Å²) in [6.07, 6.45) is 1.19. The Hall–Kier alpha value is -2.24. The van der Waals surface area contributed by atoms with E-state index in [1.807, 2.05) is 26.8 Å². The van der Waals surface area contributed by atoms with E-state index >= 15 is 0 Å². The molecule has 0 aliphatic carbocycles. The van der Waals surface area contributed by atoms with E-state index in [4.69, 9.17) is 14.6 Å². The molecule has 26 heavy (non-hydrogen) atoms. The Morgan fingerprint density at radius 3 is 2.42 bits per heavy atom. The Morgan fingerprint density at radius 2 is 1.81 bits per heavy atom. The van der Waals surface area contributed by atoms with Crippen LogP contribution in [-0.2, 0) is 16.0 Å². The van der Waals surface area contributed by atoms with Crippen molar-refractivity contribution in [3.8, 4) is 5.75 Å². The van der Waals surface area contributed by atoms with Crippen LogP contribution in [0.5, 0.6) is 5.75 Å². The van der Waals surface area contributed by atoms with Crippen molar-refractivity contribution in [1.29, 1.82) is 0 Å². The van der Waals surface area contributed by atoms with Gasteiger partial charge in [-0.25, -0.2) is 4.79 Å². The van der Waals surface area contributed by atoms with Gasteiger partial charge in [0.05, 0.1) is 13.0 Å². The summed E-state index contributed by atoms with van der Waals surface area (Å²) in [5.41, 5.74) is 0.215. The van der Waals surface area contributed by atoms with E-state index in [1.165, 1.54) is 0 Å². The molecular formula is C20H31NO5. The van der Waals surface area contributed by atoms with Crippen LogP contribution in [0.15, 0.2) is 24.3 Å². The number of carbonyl (C=O) groups is 2. The third kappa shape index (κ3) is 9.91. The van der Waals surface area contributed by atoms with E-state index < -0.39 is 17.7 Å². The van der Waals surface area contributed by atoms with Crippen molar-refractivity contribution in [3.63, 3.8) is 0 Å². The Morgan fingerprint density at radius 1 is 1.12 bits per heavy atom. The molecule has 0 aliphatic heterocycles. The second kappa shape index (κ2) is 9.46. The fourth-order valence-electron chi connectivity index (χ4n) is 2.31. The van der Waals surface area contributed by atoms with Crippen LogP contribution in [0.4, 0.5) is 4.79 Å². The summed E-state index contributed by atoms with van der Waals surface area (Å²) in [4.78, 5) is 22.4. The van der Waals surface area contributed by atoms with Gasteiger partial charge in [-0.2, -0.15) is 0 Å². The van der Waals surface area contributed by atoms with Crippen LogP contribution >= 0.6 is 0 Å². The largest absolute Gasteiger partial charge is 0.494 e. The van der Waals surface area contributed by atoms with Gasteiger partial charge in [0, 0.05) is 6.54 Å². The predicted molar refractivity (Wildman–Crippen MR) is 101 cm³/mol. The van der Waals surface area contributed by atoms with Crippen LogP contribution in [0.3, 0.4) is 0 Å². The second-order valence-corrected chi connectivity index (χ2v) is 8.16. The maximum absolute atomic E-state index is 11.7. The molecule has 0 atom stereocenters. The van der Waals surface area contributed by atoms with Crippen molar-refractivity contribution in [3.05, 3.63) is 29.8 Å². The first-order valence-corrected chi connectivity index (χ1v) is 8.87. The van der Waals surface area contributed by atoms with E-state index in [0.29, 0.717) is 18.9 Å². The van der Waals surface area contributed by atoms with Gasteiger partial charge in [-0.05, 0) is 56.7 Å². The molecule has 0 saturated heterocycles. The summed E-state index contributed by atoms with van der Waals surface area (Å²) in [6.45, 7) is 10.8. The lowest BCUT2D eigenvalue weighted by atomic mass is 9.86. The molecule has 1 aromatic carbocycles. The van der Waals surface area contributed by atoms with Crippen LogP contribution in [0, 0.1) is 5.41 Å². The Labute approximate surface area is 155 Å². The number of hydrogen-bond acceptors (Lipinski definition) is 4. The van der Waals surface area contributed by atoms with Gasteiger partial charge < -0.3 is 19.9 Å². The molecule has 1 aromatic rings. The number of hydrogen-bond donors (Lipinski definition) is 2. The number of ether oxygens (including phenoxy) is 2. The summed E-state index contributed by atoms with van der Waals surface area (Å²) in [5, 5.41) is 11.6. The number of carboxylic acid groups (broad SMARTS) is 1. The fraction of sp³-hybridized carbons (Fsp3) is 0.600. The third-order valence-corrected chi connectivity index (χ3v) is 3.77. The molecular weight excluding hydrogens is 334 g/mol. The Bertz CT molecular complexity index is 604. The molecule has 2 N–H and O–H groups in total. The summed E-state index contributed by atoms with van der Waals surface area (Å²) in [5.74, 6) is -0.188. The monoisotopic (exact) mass is 365 g/mol. The number of rotatable bonds is 9. The first kappa shape index (κ1) is 21.8. The summed E-state index contributed by atoms with van der Waals surface area (Å²) in [7, 11) is 0. The number of amides is 1. The smallest absolute Gasteiger partial charge is 0.407 e. The molecule has 1 rings (SSSR count). The molecule has 0 aromatic heterocycles.